The van der Waals surface area contributed by atoms with Crippen LogP contribution in [0.4, 0.5) is 11.4 Å². The number of para-hydroxylation sites is 1. The van der Waals surface area contributed by atoms with Gasteiger partial charge in [-0.25, -0.2) is 4.79 Å². The van der Waals surface area contributed by atoms with Gasteiger partial charge in [-0.2, -0.15) is 0 Å². The molecule has 0 atom stereocenters. The minimum Gasteiger partial charge on any atom is -0.462 e. The highest BCUT2D eigenvalue weighted by Gasteiger charge is 2.13. The van der Waals surface area contributed by atoms with Crippen molar-refractivity contribution in [2.75, 3.05) is 30.7 Å². The van der Waals surface area contributed by atoms with E-state index in [1.807, 2.05) is 6.92 Å². The van der Waals surface area contributed by atoms with E-state index in [0.717, 1.165) is 6.42 Å². The van der Waals surface area contributed by atoms with Gasteiger partial charge in [0, 0.05) is 19.5 Å². The predicted octanol–water partition coefficient (Wildman–Crippen LogP) is 1.77. The van der Waals surface area contributed by atoms with Gasteiger partial charge in [0.25, 0.3) is 0 Å². The molecule has 0 aromatic heterocycles. The lowest BCUT2D eigenvalue weighted by atomic mass is 10.1. The van der Waals surface area contributed by atoms with Gasteiger partial charge in [0.2, 0.25) is 5.91 Å². The first-order valence-electron chi connectivity index (χ1n) is 7.16. The van der Waals surface area contributed by atoms with E-state index in [4.69, 9.17) is 10.5 Å². The van der Waals surface area contributed by atoms with Crippen molar-refractivity contribution in [3.05, 3.63) is 23.8 Å². The summed E-state index contributed by atoms with van der Waals surface area (Å²) in [5.41, 5.74) is 7.24. The highest BCUT2D eigenvalue weighted by molar-refractivity contribution is 5.98. The van der Waals surface area contributed by atoms with Crippen LogP contribution in [0.5, 0.6) is 0 Å². The molecule has 1 aromatic carbocycles. The molecule has 6 heteroatoms. The first kappa shape index (κ1) is 16.8. The summed E-state index contributed by atoms with van der Waals surface area (Å²) < 4.78 is 4.94. The molecule has 0 bridgehead atoms. The summed E-state index contributed by atoms with van der Waals surface area (Å²) in [6.45, 7) is 5.17. The summed E-state index contributed by atoms with van der Waals surface area (Å²) >= 11 is 0. The fourth-order valence-electron chi connectivity index (χ4n) is 1.77. The summed E-state index contributed by atoms with van der Waals surface area (Å²) in [7, 11) is 0. The highest BCUT2D eigenvalue weighted by Crippen LogP contribution is 2.23. The molecular formula is C15H23N3O3. The number of nitrogen functional groups attached to an aromatic ring is 1. The lowest BCUT2D eigenvalue weighted by Gasteiger charge is -2.12. The van der Waals surface area contributed by atoms with E-state index < -0.39 is 5.97 Å². The van der Waals surface area contributed by atoms with Crippen LogP contribution in [0.15, 0.2) is 18.2 Å². The summed E-state index contributed by atoms with van der Waals surface area (Å²) in [4.78, 5) is 23.2. The summed E-state index contributed by atoms with van der Waals surface area (Å²) in [5, 5.41) is 5.86. The topological polar surface area (TPSA) is 93.5 Å². The molecule has 0 aliphatic rings. The third-order valence-electron chi connectivity index (χ3n) is 2.84. The molecule has 0 fully saturated rings. The number of esters is 1. The molecule has 6 nitrogen and oxygen atoms in total. The second-order valence-electron chi connectivity index (χ2n) is 4.51. The van der Waals surface area contributed by atoms with E-state index in [1.165, 1.54) is 0 Å². The molecule has 1 rings (SSSR count). The van der Waals surface area contributed by atoms with Gasteiger partial charge < -0.3 is 21.1 Å². The van der Waals surface area contributed by atoms with E-state index in [-0.39, 0.29) is 5.91 Å². The summed E-state index contributed by atoms with van der Waals surface area (Å²) in [6.07, 6.45) is 1.26. The maximum Gasteiger partial charge on any atom is 0.340 e. The minimum atomic E-state index is -0.445. The van der Waals surface area contributed by atoms with Crippen LogP contribution in [-0.2, 0) is 9.53 Å². The zero-order valence-electron chi connectivity index (χ0n) is 12.6. The molecule has 0 heterocycles. The zero-order chi connectivity index (χ0) is 15.7. The average Bonchev–Trinajstić information content (AvgIpc) is 2.47. The van der Waals surface area contributed by atoms with E-state index in [2.05, 4.69) is 10.6 Å². The Morgan fingerprint density at radius 1 is 1.24 bits per heavy atom. The van der Waals surface area contributed by atoms with Gasteiger partial charge in [0.1, 0.15) is 0 Å². The first-order chi connectivity index (χ1) is 10.1. The van der Waals surface area contributed by atoms with Crippen LogP contribution in [0, 0.1) is 0 Å². The minimum absolute atomic E-state index is 0.00975. The standard InChI is InChI=1S/C15H23N3O3/c1-3-9-18-13(19)8-10-17-12-7-5-6-11(14(12)16)15(20)21-4-2/h5-7,17H,3-4,8-10,16H2,1-2H3,(H,18,19). The Morgan fingerprint density at radius 3 is 2.67 bits per heavy atom. The van der Waals surface area contributed by atoms with Crippen LogP contribution in [-0.4, -0.2) is 31.6 Å². The molecule has 21 heavy (non-hydrogen) atoms. The fourth-order valence-corrected chi connectivity index (χ4v) is 1.77. The largest absolute Gasteiger partial charge is 0.462 e. The fraction of sp³-hybridized carbons (Fsp3) is 0.467. The Morgan fingerprint density at radius 2 is 2.00 bits per heavy atom. The SMILES string of the molecule is CCCNC(=O)CCNc1cccc(C(=O)OCC)c1N. The van der Waals surface area contributed by atoms with Crippen molar-refractivity contribution in [3.8, 4) is 0 Å². The van der Waals surface area contributed by atoms with Crippen molar-refractivity contribution in [1.82, 2.24) is 5.32 Å². The van der Waals surface area contributed by atoms with Gasteiger partial charge in [-0.1, -0.05) is 13.0 Å². The third-order valence-corrected chi connectivity index (χ3v) is 2.84. The van der Waals surface area contributed by atoms with Crippen LogP contribution in [0.3, 0.4) is 0 Å². The Kier molecular flexibility index (Phi) is 7.08. The predicted molar refractivity (Wildman–Crippen MR) is 83.2 cm³/mol. The van der Waals surface area contributed by atoms with E-state index in [0.29, 0.717) is 43.1 Å². The molecule has 1 aromatic rings. The number of rotatable bonds is 8. The number of carbonyl (C=O) groups excluding carboxylic acids is 2. The van der Waals surface area contributed by atoms with Crippen molar-refractivity contribution in [1.29, 1.82) is 0 Å². The number of hydrogen-bond acceptors (Lipinski definition) is 5. The van der Waals surface area contributed by atoms with Gasteiger partial charge in [0.05, 0.1) is 23.5 Å². The number of amides is 1. The van der Waals surface area contributed by atoms with Crippen LogP contribution < -0.4 is 16.4 Å². The van der Waals surface area contributed by atoms with Gasteiger partial charge in [-0.3, -0.25) is 4.79 Å². The Bertz CT molecular complexity index is 489. The van der Waals surface area contributed by atoms with Crippen LogP contribution in [0.25, 0.3) is 0 Å². The smallest absolute Gasteiger partial charge is 0.340 e. The number of anilines is 2. The molecular weight excluding hydrogens is 270 g/mol. The second-order valence-corrected chi connectivity index (χ2v) is 4.51. The normalized spacial score (nSPS) is 10.0. The summed E-state index contributed by atoms with van der Waals surface area (Å²) in [5.74, 6) is -0.455. The molecule has 4 N–H and O–H groups in total. The van der Waals surface area contributed by atoms with Crippen molar-refractivity contribution < 1.29 is 14.3 Å². The number of benzene rings is 1. The van der Waals surface area contributed by atoms with Crippen molar-refractivity contribution in [3.63, 3.8) is 0 Å². The van der Waals surface area contributed by atoms with E-state index in [1.54, 1.807) is 25.1 Å². The van der Waals surface area contributed by atoms with Crippen molar-refractivity contribution in [2.24, 2.45) is 0 Å². The monoisotopic (exact) mass is 293 g/mol. The Hall–Kier alpha value is -2.24. The maximum atomic E-state index is 11.7. The van der Waals surface area contributed by atoms with Crippen LogP contribution >= 0.6 is 0 Å². The third kappa shape index (κ3) is 5.33. The molecule has 116 valence electrons. The van der Waals surface area contributed by atoms with Gasteiger partial charge in [-0.05, 0) is 25.5 Å². The second kappa shape index (κ2) is 8.84. The van der Waals surface area contributed by atoms with Gasteiger partial charge in [-0.15, -0.1) is 0 Å². The van der Waals surface area contributed by atoms with Gasteiger partial charge in [0.15, 0.2) is 0 Å². The number of hydrogen-bond donors (Lipinski definition) is 3. The molecule has 0 unspecified atom stereocenters. The van der Waals surface area contributed by atoms with Crippen molar-refractivity contribution >= 4 is 23.3 Å². The van der Waals surface area contributed by atoms with E-state index in [9.17, 15) is 9.59 Å². The quantitative estimate of drug-likeness (QED) is 0.502. The first-order valence-corrected chi connectivity index (χ1v) is 7.16. The molecule has 0 aliphatic carbocycles. The number of ether oxygens (including phenoxy) is 1. The lowest BCUT2D eigenvalue weighted by molar-refractivity contribution is -0.120. The lowest BCUT2D eigenvalue weighted by Crippen LogP contribution is -2.26. The van der Waals surface area contributed by atoms with Crippen LogP contribution in [0.1, 0.15) is 37.0 Å². The van der Waals surface area contributed by atoms with E-state index >= 15 is 0 Å². The molecule has 0 saturated heterocycles. The maximum absolute atomic E-state index is 11.7. The number of nitrogens with two attached hydrogens (primary N) is 1. The number of carbonyl (C=O) groups is 2. The average molecular weight is 293 g/mol. The van der Waals surface area contributed by atoms with Crippen LogP contribution in [0.2, 0.25) is 0 Å². The molecule has 0 aliphatic heterocycles. The molecule has 1 amide bonds. The summed E-state index contributed by atoms with van der Waals surface area (Å²) in [6, 6.07) is 5.11. The van der Waals surface area contributed by atoms with Gasteiger partial charge >= 0.3 is 5.97 Å². The Balaban J connectivity index is 2.58. The molecule has 0 spiro atoms. The van der Waals surface area contributed by atoms with Crippen molar-refractivity contribution in [2.45, 2.75) is 26.7 Å². The Labute approximate surface area is 125 Å². The zero-order valence-corrected chi connectivity index (χ0v) is 12.6. The molecule has 0 saturated carbocycles. The number of nitrogens with one attached hydrogen (secondary N) is 2. The molecule has 0 radical (unpaired) electrons. The highest BCUT2D eigenvalue weighted by atomic mass is 16.5.